The average molecular weight is 1140 g/mol. The summed E-state index contributed by atoms with van der Waals surface area (Å²) in [6.45, 7) is 6.55. The second-order valence-corrected chi connectivity index (χ2v) is 23.4. The predicted octanol–water partition coefficient (Wildman–Crippen LogP) is 24.4. The van der Waals surface area contributed by atoms with Gasteiger partial charge in [0.25, 0.3) is 0 Å². The van der Waals surface area contributed by atoms with Gasteiger partial charge in [0.05, 0.1) is 0 Å². The molecule has 0 saturated heterocycles. The average Bonchev–Trinajstić information content (AvgIpc) is 3.47. The molecule has 0 spiro atoms. The number of carbonyl (C=O) groups is 3. The van der Waals surface area contributed by atoms with Crippen LogP contribution in [0.25, 0.3) is 0 Å². The highest BCUT2D eigenvalue weighted by Gasteiger charge is 2.19. The third kappa shape index (κ3) is 67.1. The monoisotopic (exact) mass is 1140 g/mol. The van der Waals surface area contributed by atoms with Crippen LogP contribution in [0.3, 0.4) is 0 Å². The first-order valence-electron chi connectivity index (χ1n) is 35.2. The number of hydrogen-bond acceptors (Lipinski definition) is 6. The van der Waals surface area contributed by atoms with Crippen LogP contribution in [0.5, 0.6) is 0 Å². The molecule has 6 nitrogen and oxygen atoms in total. The molecule has 0 bridgehead atoms. The van der Waals surface area contributed by atoms with Crippen molar-refractivity contribution in [3.8, 4) is 0 Å². The van der Waals surface area contributed by atoms with E-state index in [1.54, 1.807) is 0 Å². The van der Waals surface area contributed by atoms with Crippen LogP contribution in [0.2, 0.25) is 0 Å². The smallest absolute Gasteiger partial charge is 0.306 e. The molecule has 0 N–H and O–H groups in total. The molecular weight excluding hydrogens is 1010 g/mol. The van der Waals surface area contributed by atoms with E-state index in [1.165, 1.54) is 205 Å². The lowest BCUT2D eigenvalue weighted by molar-refractivity contribution is -0.167. The highest BCUT2D eigenvalue weighted by molar-refractivity contribution is 5.71. The second kappa shape index (κ2) is 69.8. The molecule has 6 heteroatoms. The molecule has 0 amide bonds. The van der Waals surface area contributed by atoms with Gasteiger partial charge in [-0.25, -0.2) is 0 Å². The molecule has 1 unspecified atom stereocenters. The van der Waals surface area contributed by atoms with Crippen LogP contribution in [-0.4, -0.2) is 37.2 Å². The number of ether oxygens (including phenoxy) is 3. The summed E-state index contributed by atoms with van der Waals surface area (Å²) in [7, 11) is 0. The Labute approximate surface area is 508 Å². The van der Waals surface area contributed by atoms with Gasteiger partial charge in [0.2, 0.25) is 0 Å². The zero-order chi connectivity index (χ0) is 59.2. The molecule has 0 aromatic heterocycles. The topological polar surface area (TPSA) is 78.9 Å². The fourth-order valence-corrected chi connectivity index (χ4v) is 10.1. The number of hydrogen-bond donors (Lipinski definition) is 0. The summed E-state index contributed by atoms with van der Waals surface area (Å²) in [5, 5.41) is 0. The second-order valence-electron chi connectivity index (χ2n) is 23.4. The summed E-state index contributed by atoms with van der Waals surface area (Å²) in [6.07, 6.45) is 94.3. The first-order chi connectivity index (χ1) is 40.5. The fraction of sp³-hybridized carbons (Fsp3) is 0.750. The fourth-order valence-electron chi connectivity index (χ4n) is 10.1. The van der Waals surface area contributed by atoms with Crippen molar-refractivity contribution in [2.24, 2.45) is 0 Å². The summed E-state index contributed by atoms with van der Waals surface area (Å²) in [6, 6.07) is 0. The number of esters is 3. The summed E-state index contributed by atoms with van der Waals surface area (Å²) in [5.41, 5.74) is 0. The van der Waals surface area contributed by atoms with Gasteiger partial charge in [0.15, 0.2) is 6.10 Å². The molecule has 82 heavy (non-hydrogen) atoms. The summed E-state index contributed by atoms with van der Waals surface area (Å²) < 4.78 is 17.0. The minimum Gasteiger partial charge on any atom is -0.462 e. The van der Waals surface area contributed by atoms with Crippen LogP contribution in [0.4, 0.5) is 0 Å². The molecule has 0 aromatic carbocycles. The number of unbranched alkanes of at least 4 members (excludes halogenated alkanes) is 37. The van der Waals surface area contributed by atoms with E-state index in [0.29, 0.717) is 19.3 Å². The Hall–Kier alpha value is -3.67. The molecule has 1 atom stereocenters. The molecule has 0 fully saturated rings. The zero-order valence-electron chi connectivity index (χ0n) is 54.2. The molecular formula is C76H132O6. The first kappa shape index (κ1) is 78.3. The lowest BCUT2D eigenvalue weighted by Crippen LogP contribution is -2.30. The number of rotatable bonds is 64. The van der Waals surface area contributed by atoms with Crippen molar-refractivity contribution in [1.29, 1.82) is 0 Å². The Kier molecular flexibility index (Phi) is 66.7. The summed E-state index contributed by atoms with van der Waals surface area (Å²) in [4.78, 5) is 38.4. The molecule has 0 radical (unpaired) electrons. The minimum absolute atomic E-state index is 0.0762. The van der Waals surface area contributed by atoms with Crippen LogP contribution in [0.15, 0.2) is 97.2 Å². The van der Waals surface area contributed by atoms with Gasteiger partial charge in [-0.3, -0.25) is 14.4 Å². The van der Waals surface area contributed by atoms with E-state index in [1.807, 2.05) is 0 Å². The minimum atomic E-state index is -0.781. The van der Waals surface area contributed by atoms with E-state index in [-0.39, 0.29) is 31.1 Å². The lowest BCUT2D eigenvalue weighted by Gasteiger charge is -2.18. The first-order valence-corrected chi connectivity index (χ1v) is 35.2. The molecule has 0 rings (SSSR count). The van der Waals surface area contributed by atoms with Gasteiger partial charge in [-0.15, -0.1) is 0 Å². The molecule has 0 aromatic rings. The van der Waals surface area contributed by atoms with Crippen LogP contribution >= 0.6 is 0 Å². The summed E-state index contributed by atoms with van der Waals surface area (Å²) >= 11 is 0. The van der Waals surface area contributed by atoms with Crippen molar-refractivity contribution in [2.75, 3.05) is 13.2 Å². The Morgan fingerprint density at radius 3 is 0.744 bits per heavy atom. The normalized spacial score (nSPS) is 12.7. The third-order valence-electron chi connectivity index (χ3n) is 15.3. The van der Waals surface area contributed by atoms with Gasteiger partial charge in [-0.1, -0.05) is 323 Å². The van der Waals surface area contributed by atoms with Gasteiger partial charge in [0, 0.05) is 19.3 Å². The van der Waals surface area contributed by atoms with Crippen molar-refractivity contribution in [1.82, 2.24) is 0 Å². The van der Waals surface area contributed by atoms with Crippen molar-refractivity contribution in [3.05, 3.63) is 97.2 Å². The maximum Gasteiger partial charge on any atom is 0.306 e. The molecule has 472 valence electrons. The van der Waals surface area contributed by atoms with E-state index < -0.39 is 6.10 Å². The van der Waals surface area contributed by atoms with E-state index in [4.69, 9.17) is 14.2 Å². The number of carbonyl (C=O) groups excluding carboxylic acids is 3. The molecule has 0 aliphatic carbocycles. The SMILES string of the molecule is CC/C=C\C/C=C\C/C=C\C/C=C\C/C=C\CCCCCCCCCCCCCC(=O)OCC(COC(=O)CCCCCCCCCCCCCC)OC(=O)CCCCCCCCCCCC/C=C\C/C=C\C/C=C\CCCCCCC. The maximum absolute atomic E-state index is 13.0. The van der Waals surface area contributed by atoms with Crippen LogP contribution in [0.1, 0.15) is 348 Å². The van der Waals surface area contributed by atoms with Crippen molar-refractivity contribution in [2.45, 2.75) is 354 Å². The standard InChI is InChI=1S/C76H132O6/c1-4-7-10-13-16-19-22-25-27-29-31-33-35-37-38-40-41-43-45-47-49-51-54-57-60-63-66-69-75(78)81-72-73(71-80-74(77)68-65-62-59-56-53-24-21-18-15-12-9-6-3)82-76(79)70-67-64-61-58-55-52-50-48-46-44-42-39-36-34-32-30-28-26-23-20-17-14-11-8-5-2/h7,10,16,19,23,25-27,30-33,36-39,73H,4-6,8-9,11-15,17-18,20-22,24,28-29,34-35,40-72H2,1-3H3/b10-7-,19-16-,26-23-,27-25-,32-30-,33-31-,38-37-,39-36-. The lowest BCUT2D eigenvalue weighted by atomic mass is 10.0. The van der Waals surface area contributed by atoms with Crippen LogP contribution in [0, 0.1) is 0 Å². The van der Waals surface area contributed by atoms with E-state index in [2.05, 4.69) is 118 Å². The van der Waals surface area contributed by atoms with Gasteiger partial charge < -0.3 is 14.2 Å². The van der Waals surface area contributed by atoms with Gasteiger partial charge in [-0.2, -0.15) is 0 Å². The molecule has 0 heterocycles. The van der Waals surface area contributed by atoms with Gasteiger partial charge in [0.1, 0.15) is 13.2 Å². The molecule has 0 aliphatic heterocycles. The van der Waals surface area contributed by atoms with Gasteiger partial charge >= 0.3 is 17.9 Å². The zero-order valence-corrected chi connectivity index (χ0v) is 54.2. The maximum atomic E-state index is 13.0. The highest BCUT2D eigenvalue weighted by Crippen LogP contribution is 2.17. The Balaban J connectivity index is 4.27. The number of allylic oxidation sites excluding steroid dienone is 16. The predicted molar refractivity (Wildman–Crippen MR) is 357 cm³/mol. The van der Waals surface area contributed by atoms with E-state index in [9.17, 15) is 14.4 Å². The van der Waals surface area contributed by atoms with Crippen molar-refractivity contribution in [3.63, 3.8) is 0 Å². The van der Waals surface area contributed by atoms with Crippen LogP contribution < -0.4 is 0 Å². The van der Waals surface area contributed by atoms with E-state index >= 15 is 0 Å². The quantitative estimate of drug-likeness (QED) is 0.0261. The molecule has 0 saturated carbocycles. The summed E-state index contributed by atoms with van der Waals surface area (Å²) in [5.74, 6) is -0.868. The molecule has 0 aliphatic rings. The highest BCUT2D eigenvalue weighted by atomic mass is 16.6. The Morgan fingerprint density at radius 1 is 0.256 bits per heavy atom. The van der Waals surface area contributed by atoms with Gasteiger partial charge in [-0.05, 0) is 103 Å². The van der Waals surface area contributed by atoms with Crippen LogP contribution in [-0.2, 0) is 28.6 Å². The van der Waals surface area contributed by atoms with E-state index in [0.717, 1.165) is 103 Å². The third-order valence-corrected chi connectivity index (χ3v) is 15.3. The van der Waals surface area contributed by atoms with Crippen molar-refractivity contribution >= 4 is 17.9 Å². The van der Waals surface area contributed by atoms with Crippen molar-refractivity contribution < 1.29 is 28.6 Å². The Bertz CT molecular complexity index is 1590. The largest absolute Gasteiger partial charge is 0.462 e. The Morgan fingerprint density at radius 2 is 0.476 bits per heavy atom.